The number of anilines is 1. The van der Waals surface area contributed by atoms with Gasteiger partial charge in [-0.3, -0.25) is 4.79 Å². The molecule has 8 heteroatoms. The lowest BCUT2D eigenvalue weighted by molar-refractivity contribution is -0.137. The Morgan fingerprint density at radius 3 is 2.50 bits per heavy atom. The summed E-state index contributed by atoms with van der Waals surface area (Å²) in [5.74, 6) is -0.833. The zero-order chi connectivity index (χ0) is 13.9. The molecule has 1 heterocycles. The first-order valence-corrected chi connectivity index (χ1v) is 5.44. The molecule has 0 fully saturated rings. The predicted octanol–water partition coefficient (Wildman–Crippen LogP) is 2.99. The first-order chi connectivity index (χ1) is 8.20. The lowest BCUT2D eigenvalue weighted by atomic mass is 10.2. The van der Waals surface area contributed by atoms with Crippen molar-refractivity contribution in [3.05, 3.63) is 23.8 Å². The smallest absolute Gasteiger partial charge is 0.416 e. The Morgan fingerprint density at radius 1 is 1.44 bits per heavy atom. The highest BCUT2D eigenvalue weighted by molar-refractivity contribution is 7.22. The van der Waals surface area contributed by atoms with Gasteiger partial charge in [-0.2, -0.15) is 13.2 Å². The van der Waals surface area contributed by atoms with Crippen molar-refractivity contribution in [1.29, 1.82) is 0 Å². The van der Waals surface area contributed by atoms with E-state index in [0.717, 1.165) is 30.4 Å². The lowest BCUT2D eigenvalue weighted by Gasteiger charge is -2.04. The van der Waals surface area contributed by atoms with Gasteiger partial charge in [-0.1, -0.05) is 11.3 Å². The number of hydrogen-bond donors (Lipinski definition) is 2. The van der Waals surface area contributed by atoms with E-state index in [-0.39, 0.29) is 5.13 Å². The molecule has 0 saturated carbocycles. The second-order valence-corrected chi connectivity index (χ2v) is 4.31. The second kappa shape index (κ2) is 5.21. The van der Waals surface area contributed by atoms with E-state index in [4.69, 9.17) is 15.6 Å². The van der Waals surface area contributed by atoms with Crippen LogP contribution < -0.4 is 5.73 Å². The van der Waals surface area contributed by atoms with Crippen LogP contribution in [0.15, 0.2) is 18.2 Å². The maximum absolute atomic E-state index is 12.3. The molecule has 4 nitrogen and oxygen atoms in total. The molecule has 0 radical (unpaired) electrons. The number of aromatic nitrogens is 1. The maximum atomic E-state index is 12.3. The third kappa shape index (κ3) is 3.88. The van der Waals surface area contributed by atoms with Crippen molar-refractivity contribution in [3.63, 3.8) is 0 Å². The summed E-state index contributed by atoms with van der Waals surface area (Å²) < 4.78 is 37.3. The molecule has 0 saturated heterocycles. The molecule has 0 amide bonds. The maximum Gasteiger partial charge on any atom is 0.416 e. The van der Waals surface area contributed by atoms with Gasteiger partial charge in [0.1, 0.15) is 0 Å². The lowest BCUT2D eigenvalue weighted by Crippen LogP contribution is -2.03. The van der Waals surface area contributed by atoms with Gasteiger partial charge in [0.2, 0.25) is 0 Å². The Bertz CT molecular complexity index is 562. The number of thiazole rings is 1. The number of fused-ring (bicyclic) bond motifs is 1. The topological polar surface area (TPSA) is 76.2 Å². The first-order valence-electron chi connectivity index (χ1n) is 4.63. The molecule has 2 aromatic rings. The SMILES string of the molecule is CC(=O)O.Nc1nc2ccc(C(F)(F)F)cc2s1. The van der Waals surface area contributed by atoms with Crippen molar-refractivity contribution in [2.45, 2.75) is 13.1 Å². The normalized spacial score (nSPS) is 10.9. The molecule has 0 unspecified atom stereocenters. The average molecular weight is 278 g/mol. The van der Waals surface area contributed by atoms with E-state index in [0.29, 0.717) is 10.2 Å². The summed E-state index contributed by atoms with van der Waals surface area (Å²) in [4.78, 5) is 12.9. The largest absolute Gasteiger partial charge is 0.481 e. The number of nitrogens with zero attached hydrogens (tertiary/aromatic N) is 1. The van der Waals surface area contributed by atoms with E-state index in [9.17, 15) is 13.2 Å². The van der Waals surface area contributed by atoms with E-state index < -0.39 is 17.7 Å². The van der Waals surface area contributed by atoms with Gasteiger partial charge in [-0.25, -0.2) is 4.98 Å². The number of carboxylic acid groups (broad SMARTS) is 1. The van der Waals surface area contributed by atoms with Gasteiger partial charge >= 0.3 is 6.18 Å². The fourth-order valence-corrected chi connectivity index (χ4v) is 1.89. The van der Waals surface area contributed by atoms with Gasteiger partial charge in [-0.05, 0) is 18.2 Å². The molecule has 98 valence electrons. The zero-order valence-electron chi connectivity index (χ0n) is 9.15. The number of hydrogen-bond acceptors (Lipinski definition) is 4. The molecule has 0 bridgehead atoms. The van der Waals surface area contributed by atoms with Crippen molar-refractivity contribution in [2.24, 2.45) is 0 Å². The standard InChI is InChI=1S/C8H5F3N2S.C2H4O2/c9-8(10,11)4-1-2-5-6(3-4)14-7(12)13-5;1-2(3)4/h1-3H,(H2,12,13);1H3,(H,3,4). The van der Waals surface area contributed by atoms with Crippen LogP contribution in [0.2, 0.25) is 0 Å². The van der Waals surface area contributed by atoms with Crippen LogP contribution in [0.25, 0.3) is 10.2 Å². The highest BCUT2D eigenvalue weighted by atomic mass is 32.1. The zero-order valence-corrected chi connectivity index (χ0v) is 9.97. The van der Waals surface area contributed by atoms with Crippen molar-refractivity contribution in [2.75, 3.05) is 5.73 Å². The van der Waals surface area contributed by atoms with Crippen LogP contribution in [0.4, 0.5) is 18.3 Å². The van der Waals surface area contributed by atoms with Crippen LogP contribution in [-0.2, 0) is 11.0 Å². The highest BCUT2D eigenvalue weighted by Crippen LogP contribution is 2.33. The van der Waals surface area contributed by atoms with Gasteiger partial charge in [0, 0.05) is 6.92 Å². The van der Waals surface area contributed by atoms with Gasteiger partial charge in [0.15, 0.2) is 5.13 Å². The fourth-order valence-electron chi connectivity index (χ4n) is 1.12. The number of carbonyl (C=O) groups is 1. The summed E-state index contributed by atoms with van der Waals surface area (Å²) >= 11 is 1.05. The average Bonchev–Trinajstić information content (AvgIpc) is 2.53. The number of aliphatic carboxylic acids is 1. The second-order valence-electron chi connectivity index (χ2n) is 3.25. The van der Waals surface area contributed by atoms with Gasteiger partial charge in [0.05, 0.1) is 15.8 Å². The number of benzene rings is 1. The third-order valence-corrected chi connectivity index (χ3v) is 2.58. The van der Waals surface area contributed by atoms with Crippen LogP contribution in [0, 0.1) is 0 Å². The quantitative estimate of drug-likeness (QED) is 0.776. The summed E-state index contributed by atoms with van der Waals surface area (Å²) in [7, 11) is 0. The summed E-state index contributed by atoms with van der Waals surface area (Å²) in [6, 6.07) is 3.38. The van der Waals surface area contributed by atoms with E-state index >= 15 is 0 Å². The minimum Gasteiger partial charge on any atom is -0.481 e. The molecule has 2 rings (SSSR count). The van der Waals surface area contributed by atoms with Crippen molar-refractivity contribution >= 4 is 32.7 Å². The Hall–Kier alpha value is -1.83. The van der Waals surface area contributed by atoms with E-state index in [1.54, 1.807) is 0 Å². The van der Waals surface area contributed by atoms with Crippen molar-refractivity contribution < 1.29 is 23.1 Å². The Morgan fingerprint density at radius 2 is 2.00 bits per heavy atom. The van der Waals surface area contributed by atoms with Crippen molar-refractivity contribution in [3.8, 4) is 0 Å². The first kappa shape index (κ1) is 14.2. The minimum absolute atomic E-state index is 0.277. The molecule has 0 spiro atoms. The van der Waals surface area contributed by atoms with Crippen LogP contribution in [0.1, 0.15) is 12.5 Å². The number of halogens is 3. The number of rotatable bonds is 0. The Balaban J connectivity index is 0.000000357. The summed E-state index contributed by atoms with van der Waals surface area (Å²) in [6.07, 6.45) is -4.31. The molecule has 18 heavy (non-hydrogen) atoms. The molecule has 0 atom stereocenters. The van der Waals surface area contributed by atoms with Gasteiger partial charge < -0.3 is 10.8 Å². The summed E-state index contributed by atoms with van der Waals surface area (Å²) in [6.45, 7) is 1.08. The monoisotopic (exact) mass is 278 g/mol. The summed E-state index contributed by atoms with van der Waals surface area (Å²) in [5, 5.41) is 7.69. The summed E-state index contributed by atoms with van der Waals surface area (Å²) in [5.41, 5.74) is 5.20. The predicted molar refractivity (Wildman–Crippen MR) is 62.3 cm³/mol. The van der Waals surface area contributed by atoms with Crippen molar-refractivity contribution in [1.82, 2.24) is 4.98 Å². The van der Waals surface area contributed by atoms with Crippen LogP contribution in [0.3, 0.4) is 0 Å². The van der Waals surface area contributed by atoms with Gasteiger partial charge in [0.25, 0.3) is 5.97 Å². The van der Waals surface area contributed by atoms with E-state index in [1.165, 1.54) is 6.07 Å². The molecule has 1 aromatic heterocycles. The third-order valence-electron chi connectivity index (χ3n) is 1.73. The van der Waals surface area contributed by atoms with E-state index in [1.807, 2.05) is 0 Å². The van der Waals surface area contributed by atoms with Gasteiger partial charge in [-0.15, -0.1) is 0 Å². The molecule has 0 aliphatic carbocycles. The molecule has 3 N–H and O–H groups in total. The Kier molecular flexibility index (Phi) is 4.12. The molecule has 0 aliphatic rings. The Labute approximate surface area is 104 Å². The molecule has 0 aliphatic heterocycles. The number of nitrogen functional groups attached to an aromatic ring is 1. The van der Waals surface area contributed by atoms with Crippen LogP contribution in [-0.4, -0.2) is 16.1 Å². The number of alkyl halides is 3. The minimum atomic E-state index is -4.31. The molecular formula is C10H9F3N2O2S. The fraction of sp³-hybridized carbons (Fsp3) is 0.200. The molecular weight excluding hydrogens is 269 g/mol. The molecule has 1 aromatic carbocycles. The van der Waals surface area contributed by atoms with Crippen LogP contribution in [0.5, 0.6) is 0 Å². The number of carboxylic acids is 1. The van der Waals surface area contributed by atoms with Crippen LogP contribution >= 0.6 is 11.3 Å². The number of nitrogens with two attached hydrogens (primary N) is 1. The van der Waals surface area contributed by atoms with E-state index in [2.05, 4.69) is 4.98 Å². The highest BCUT2D eigenvalue weighted by Gasteiger charge is 2.30.